The molecular formula is C20H17ClFN5O. The van der Waals surface area contributed by atoms with Crippen LogP contribution in [0, 0.1) is 23.6 Å². The average molecular weight is 398 g/mol. The molecule has 1 unspecified atom stereocenters. The van der Waals surface area contributed by atoms with Crippen LogP contribution < -0.4 is 9.64 Å². The lowest BCUT2D eigenvalue weighted by Gasteiger charge is -2.19. The molecule has 2 fully saturated rings. The van der Waals surface area contributed by atoms with Gasteiger partial charge in [-0.1, -0.05) is 11.6 Å². The van der Waals surface area contributed by atoms with Crippen molar-refractivity contribution in [1.82, 2.24) is 19.9 Å². The van der Waals surface area contributed by atoms with Crippen LogP contribution in [0.5, 0.6) is 5.75 Å². The Hall–Kier alpha value is -2.80. The minimum absolute atomic E-state index is 0.385. The van der Waals surface area contributed by atoms with E-state index in [1.165, 1.54) is 6.20 Å². The molecule has 3 aromatic heterocycles. The van der Waals surface area contributed by atoms with Crippen molar-refractivity contribution < 1.29 is 9.13 Å². The van der Waals surface area contributed by atoms with Gasteiger partial charge in [-0.15, -0.1) is 0 Å². The van der Waals surface area contributed by atoms with Crippen LogP contribution in [-0.4, -0.2) is 39.6 Å². The highest BCUT2D eigenvalue weighted by Gasteiger charge is 2.56. The number of aromatic nitrogens is 4. The molecule has 0 bridgehead atoms. The van der Waals surface area contributed by atoms with Crippen LogP contribution in [0.15, 0.2) is 49.2 Å². The van der Waals surface area contributed by atoms with Crippen LogP contribution in [0.3, 0.4) is 0 Å². The summed E-state index contributed by atoms with van der Waals surface area (Å²) in [4.78, 5) is 18.8. The molecule has 1 aliphatic carbocycles. The van der Waals surface area contributed by atoms with Gasteiger partial charge in [-0.05, 0) is 30.0 Å². The van der Waals surface area contributed by atoms with E-state index < -0.39 is 0 Å². The number of fused-ring (bicyclic) bond motifs is 1. The standard InChI is InChI=1S/C20H17ClFN5O/c21-12-5-25-20(26-6-12)27-9-15-16(10-27)17(15)11-28-13-1-2-19(24-7-13)14-3-4-23-8-18(14)22/h1-8,15-17H,9-11H2/t15-,16+,17?. The fourth-order valence-electron chi connectivity index (χ4n) is 3.93. The second-order valence-electron chi connectivity index (χ2n) is 7.14. The van der Waals surface area contributed by atoms with E-state index in [1.807, 2.05) is 6.07 Å². The highest BCUT2D eigenvalue weighted by atomic mass is 35.5. The molecule has 1 saturated carbocycles. The summed E-state index contributed by atoms with van der Waals surface area (Å²) in [6.45, 7) is 2.55. The maximum absolute atomic E-state index is 13.8. The van der Waals surface area contributed by atoms with Crippen molar-refractivity contribution in [2.45, 2.75) is 0 Å². The minimum atomic E-state index is -0.385. The van der Waals surface area contributed by atoms with Crippen molar-refractivity contribution in [3.05, 3.63) is 60.0 Å². The van der Waals surface area contributed by atoms with E-state index >= 15 is 0 Å². The summed E-state index contributed by atoms with van der Waals surface area (Å²) in [6.07, 6.45) is 7.63. The number of halogens is 2. The molecule has 0 spiro atoms. The van der Waals surface area contributed by atoms with E-state index in [0.29, 0.717) is 46.4 Å². The summed E-state index contributed by atoms with van der Waals surface area (Å²) >= 11 is 5.84. The van der Waals surface area contributed by atoms with E-state index in [4.69, 9.17) is 16.3 Å². The molecule has 2 aliphatic rings. The number of hydrogen-bond acceptors (Lipinski definition) is 6. The zero-order valence-electron chi connectivity index (χ0n) is 14.9. The van der Waals surface area contributed by atoms with Crippen LogP contribution in [0.1, 0.15) is 0 Å². The summed E-state index contributed by atoms with van der Waals surface area (Å²) in [5.41, 5.74) is 0.997. The first kappa shape index (κ1) is 17.3. The Morgan fingerprint density at radius 1 is 1.04 bits per heavy atom. The molecule has 3 aromatic rings. The first-order valence-corrected chi connectivity index (χ1v) is 9.48. The molecule has 28 heavy (non-hydrogen) atoms. The number of pyridine rings is 2. The molecule has 3 atom stereocenters. The summed E-state index contributed by atoms with van der Waals surface area (Å²) in [5.74, 6) is 2.81. The Morgan fingerprint density at radius 3 is 2.50 bits per heavy atom. The van der Waals surface area contributed by atoms with Gasteiger partial charge in [-0.25, -0.2) is 14.4 Å². The fourth-order valence-corrected chi connectivity index (χ4v) is 4.03. The van der Waals surface area contributed by atoms with Gasteiger partial charge in [0.25, 0.3) is 0 Å². The van der Waals surface area contributed by atoms with Crippen LogP contribution in [0.2, 0.25) is 5.02 Å². The summed E-state index contributed by atoms with van der Waals surface area (Å²) in [7, 11) is 0. The molecule has 1 saturated heterocycles. The average Bonchev–Trinajstić information content (AvgIpc) is 3.16. The normalized spacial score (nSPS) is 22.8. The maximum atomic E-state index is 13.8. The first-order chi connectivity index (χ1) is 13.7. The molecule has 8 heteroatoms. The van der Waals surface area contributed by atoms with Gasteiger partial charge in [0.15, 0.2) is 5.82 Å². The molecule has 0 aromatic carbocycles. The topological polar surface area (TPSA) is 64.0 Å². The van der Waals surface area contributed by atoms with Gasteiger partial charge < -0.3 is 9.64 Å². The molecule has 142 valence electrons. The van der Waals surface area contributed by atoms with Gasteiger partial charge in [0.05, 0.1) is 42.1 Å². The summed E-state index contributed by atoms with van der Waals surface area (Å²) < 4.78 is 19.7. The van der Waals surface area contributed by atoms with Crippen LogP contribution in [-0.2, 0) is 0 Å². The molecule has 0 amide bonds. The smallest absolute Gasteiger partial charge is 0.225 e. The Morgan fingerprint density at radius 2 is 1.82 bits per heavy atom. The molecule has 0 N–H and O–H groups in total. The zero-order chi connectivity index (χ0) is 19.1. The second-order valence-corrected chi connectivity index (χ2v) is 7.58. The molecule has 4 heterocycles. The van der Waals surface area contributed by atoms with Crippen molar-refractivity contribution in [1.29, 1.82) is 0 Å². The molecule has 1 aliphatic heterocycles. The van der Waals surface area contributed by atoms with Gasteiger partial charge in [0.2, 0.25) is 5.95 Å². The lowest BCUT2D eigenvalue weighted by atomic mass is 10.2. The maximum Gasteiger partial charge on any atom is 0.225 e. The fraction of sp³-hybridized carbons (Fsp3) is 0.300. The van der Waals surface area contributed by atoms with E-state index in [2.05, 4.69) is 24.8 Å². The Labute approximate surface area is 166 Å². The van der Waals surface area contributed by atoms with E-state index in [9.17, 15) is 4.39 Å². The molecule has 5 rings (SSSR count). The predicted octanol–water partition coefficient (Wildman–Crippen LogP) is 3.49. The number of rotatable bonds is 5. The van der Waals surface area contributed by atoms with Gasteiger partial charge in [0, 0.05) is 30.8 Å². The van der Waals surface area contributed by atoms with Crippen molar-refractivity contribution in [3.63, 3.8) is 0 Å². The Bertz CT molecular complexity index is 973. The third kappa shape index (κ3) is 3.26. The largest absolute Gasteiger partial charge is 0.492 e. The minimum Gasteiger partial charge on any atom is -0.492 e. The third-order valence-electron chi connectivity index (χ3n) is 5.49. The monoisotopic (exact) mass is 397 g/mol. The van der Waals surface area contributed by atoms with Crippen molar-refractivity contribution in [3.8, 4) is 17.0 Å². The van der Waals surface area contributed by atoms with Crippen LogP contribution in [0.25, 0.3) is 11.3 Å². The van der Waals surface area contributed by atoms with Gasteiger partial charge >= 0.3 is 0 Å². The SMILES string of the molecule is Fc1cnccc1-c1ccc(OCC2[C@H]3CN(c4ncc(Cl)cn4)C[C@@H]23)cn1. The number of hydrogen-bond donors (Lipinski definition) is 0. The number of nitrogens with zero attached hydrogens (tertiary/aromatic N) is 5. The molecule has 6 nitrogen and oxygen atoms in total. The number of ether oxygens (including phenoxy) is 1. The van der Waals surface area contributed by atoms with Gasteiger partial charge in [-0.2, -0.15) is 0 Å². The predicted molar refractivity (Wildman–Crippen MR) is 103 cm³/mol. The van der Waals surface area contributed by atoms with E-state index in [-0.39, 0.29) is 5.82 Å². The third-order valence-corrected chi connectivity index (χ3v) is 5.68. The van der Waals surface area contributed by atoms with Crippen molar-refractivity contribution in [2.75, 3.05) is 24.6 Å². The number of anilines is 1. The molecular weight excluding hydrogens is 381 g/mol. The number of piperidine rings is 1. The summed E-state index contributed by atoms with van der Waals surface area (Å²) in [6, 6.07) is 5.20. The zero-order valence-corrected chi connectivity index (χ0v) is 15.6. The Kier molecular flexibility index (Phi) is 4.31. The lowest BCUT2D eigenvalue weighted by molar-refractivity contribution is 0.282. The van der Waals surface area contributed by atoms with Crippen LogP contribution in [0.4, 0.5) is 10.3 Å². The summed E-state index contributed by atoms with van der Waals surface area (Å²) in [5, 5.41) is 0.547. The van der Waals surface area contributed by atoms with E-state index in [1.54, 1.807) is 36.9 Å². The van der Waals surface area contributed by atoms with Crippen molar-refractivity contribution >= 4 is 17.5 Å². The molecule has 0 radical (unpaired) electrons. The lowest BCUT2D eigenvalue weighted by Crippen LogP contribution is -2.27. The highest BCUT2D eigenvalue weighted by molar-refractivity contribution is 6.30. The van der Waals surface area contributed by atoms with Gasteiger partial charge in [-0.3, -0.25) is 9.97 Å². The van der Waals surface area contributed by atoms with Gasteiger partial charge in [0.1, 0.15) is 5.75 Å². The van der Waals surface area contributed by atoms with E-state index in [0.717, 1.165) is 19.0 Å². The first-order valence-electron chi connectivity index (χ1n) is 9.10. The van der Waals surface area contributed by atoms with Crippen LogP contribution >= 0.6 is 11.6 Å². The highest BCUT2D eigenvalue weighted by Crippen LogP contribution is 2.52. The van der Waals surface area contributed by atoms with Crippen molar-refractivity contribution in [2.24, 2.45) is 17.8 Å². The second kappa shape index (κ2) is 6.98. The quantitative estimate of drug-likeness (QED) is 0.656. The Balaban J connectivity index is 1.15.